The van der Waals surface area contributed by atoms with Gasteiger partial charge in [0.1, 0.15) is 0 Å². The lowest BCUT2D eigenvalue weighted by molar-refractivity contribution is 0.219. The van der Waals surface area contributed by atoms with Gasteiger partial charge in [-0.25, -0.2) is 9.34 Å². The first kappa shape index (κ1) is 22.0. The SMILES string of the molecule is C=CCCOP(=O)(N(CCCl)CCCl)N(CCCl)CCCl. The molecule has 0 bridgehead atoms. The lowest BCUT2D eigenvalue weighted by Crippen LogP contribution is -2.37. The zero-order valence-corrected chi connectivity index (χ0v) is 15.9. The minimum atomic E-state index is -3.25. The molecule has 0 aliphatic rings. The summed E-state index contributed by atoms with van der Waals surface area (Å²) in [6.07, 6.45) is 2.32. The van der Waals surface area contributed by atoms with Crippen molar-refractivity contribution in [1.82, 2.24) is 9.34 Å². The van der Waals surface area contributed by atoms with Crippen molar-refractivity contribution in [1.29, 1.82) is 0 Å². The van der Waals surface area contributed by atoms with E-state index in [-0.39, 0.29) is 0 Å². The highest BCUT2D eigenvalue weighted by Gasteiger charge is 2.37. The molecule has 0 aromatic carbocycles. The maximum atomic E-state index is 13.4. The van der Waals surface area contributed by atoms with Gasteiger partial charge < -0.3 is 4.52 Å². The second-order valence-corrected chi connectivity index (χ2v) is 7.95. The van der Waals surface area contributed by atoms with Gasteiger partial charge in [0.25, 0.3) is 0 Å². The molecule has 0 spiro atoms. The van der Waals surface area contributed by atoms with Crippen LogP contribution < -0.4 is 0 Å². The van der Waals surface area contributed by atoms with E-state index in [2.05, 4.69) is 6.58 Å². The van der Waals surface area contributed by atoms with Crippen LogP contribution in [-0.4, -0.2) is 65.6 Å². The summed E-state index contributed by atoms with van der Waals surface area (Å²) in [6, 6.07) is 0. The molecule has 0 aromatic rings. The van der Waals surface area contributed by atoms with E-state index in [1.165, 1.54) is 0 Å². The second-order valence-electron chi connectivity index (χ2n) is 4.06. The topological polar surface area (TPSA) is 32.8 Å². The fraction of sp³-hybridized carbons (Fsp3) is 0.833. The van der Waals surface area contributed by atoms with Gasteiger partial charge in [-0.05, 0) is 6.42 Å². The molecule has 0 aromatic heterocycles. The molecule has 0 saturated carbocycles. The molecule has 0 heterocycles. The minimum Gasteiger partial charge on any atom is -0.306 e. The van der Waals surface area contributed by atoms with Gasteiger partial charge in [0.05, 0.1) is 6.61 Å². The van der Waals surface area contributed by atoms with Crippen LogP contribution in [0.5, 0.6) is 0 Å². The molecule has 9 heteroatoms. The van der Waals surface area contributed by atoms with Gasteiger partial charge in [-0.1, -0.05) is 6.08 Å². The van der Waals surface area contributed by atoms with Crippen LogP contribution in [0.2, 0.25) is 0 Å². The summed E-state index contributed by atoms with van der Waals surface area (Å²) >= 11 is 23.2. The van der Waals surface area contributed by atoms with E-state index in [0.717, 1.165) is 0 Å². The van der Waals surface area contributed by atoms with Crippen molar-refractivity contribution in [3.8, 4) is 0 Å². The molecule has 0 radical (unpaired) electrons. The highest BCUT2D eigenvalue weighted by atomic mass is 35.5. The summed E-state index contributed by atoms with van der Waals surface area (Å²) in [5.41, 5.74) is 0. The first-order valence-corrected chi connectivity index (χ1v) is 10.4. The number of hydrogen-bond acceptors (Lipinski definition) is 2. The Morgan fingerprint density at radius 3 is 1.57 bits per heavy atom. The van der Waals surface area contributed by atoms with Crippen molar-refractivity contribution in [3.63, 3.8) is 0 Å². The third kappa shape index (κ3) is 7.90. The summed E-state index contributed by atoms with van der Waals surface area (Å²) in [5, 5.41) is 0. The molecule has 21 heavy (non-hydrogen) atoms. The van der Waals surface area contributed by atoms with Crippen molar-refractivity contribution in [2.45, 2.75) is 6.42 Å². The average Bonchev–Trinajstić information content (AvgIpc) is 2.47. The largest absolute Gasteiger partial charge is 0.346 e. The van der Waals surface area contributed by atoms with Gasteiger partial charge in [-0.15, -0.1) is 53.0 Å². The van der Waals surface area contributed by atoms with E-state index in [9.17, 15) is 4.57 Å². The number of nitrogens with zero attached hydrogens (tertiary/aromatic N) is 2. The normalized spacial score (nSPS) is 12.3. The van der Waals surface area contributed by atoms with Crippen LogP contribution in [0.4, 0.5) is 0 Å². The van der Waals surface area contributed by atoms with Crippen LogP contribution >= 0.6 is 54.1 Å². The van der Waals surface area contributed by atoms with E-state index in [1.807, 2.05) is 0 Å². The molecule has 0 aliphatic carbocycles. The van der Waals surface area contributed by atoms with Gasteiger partial charge >= 0.3 is 7.67 Å². The first-order valence-electron chi connectivity index (χ1n) is 6.70. The predicted octanol–water partition coefficient (Wildman–Crippen LogP) is 4.25. The smallest absolute Gasteiger partial charge is 0.306 e. The van der Waals surface area contributed by atoms with Gasteiger partial charge in [-0.2, -0.15) is 0 Å². The Bertz CT molecular complexity index is 292. The molecule has 0 rings (SSSR count). The van der Waals surface area contributed by atoms with E-state index >= 15 is 0 Å². The third-order valence-corrected chi connectivity index (χ3v) is 6.09. The summed E-state index contributed by atoms with van der Waals surface area (Å²) in [4.78, 5) is 0. The highest BCUT2D eigenvalue weighted by Crippen LogP contribution is 2.54. The summed E-state index contributed by atoms with van der Waals surface area (Å²) in [6.45, 7) is 5.61. The number of alkyl halides is 4. The van der Waals surface area contributed by atoms with Gasteiger partial charge in [0.15, 0.2) is 0 Å². The van der Waals surface area contributed by atoms with E-state index < -0.39 is 7.67 Å². The molecule has 0 N–H and O–H groups in total. The van der Waals surface area contributed by atoms with Crippen LogP contribution in [0.3, 0.4) is 0 Å². The molecular weight excluding hydrogens is 377 g/mol. The molecule has 4 nitrogen and oxygen atoms in total. The lowest BCUT2D eigenvalue weighted by atomic mass is 10.5. The summed E-state index contributed by atoms with van der Waals surface area (Å²) in [7, 11) is -3.25. The Labute approximate surface area is 147 Å². The molecule has 0 aliphatic heterocycles. The maximum absolute atomic E-state index is 13.4. The maximum Gasteiger partial charge on any atom is 0.346 e. The van der Waals surface area contributed by atoms with Crippen molar-refractivity contribution in [2.75, 3.05) is 56.3 Å². The Kier molecular flexibility index (Phi) is 14.1. The Balaban J connectivity index is 5.25. The summed E-state index contributed by atoms with van der Waals surface area (Å²) < 4.78 is 22.5. The van der Waals surface area contributed by atoms with Crippen LogP contribution in [0.25, 0.3) is 0 Å². The Hall–Kier alpha value is 1.01. The van der Waals surface area contributed by atoms with E-state index in [1.54, 1.807) is 15.4 Å². The van der Waals surface area contributed by atoms with Crippen molar-refractivity contribution >= 4 is 54.1 Å². The van der Waals surface area contributed by atoms with Crippen molar-refractivity contribution in [2.24, 2.45) is 0 Å². The number of hydrogen-bond donors (Lipinski definition) is 0. The molecule has 126 valence electrons. The van der Waals surface area contributed by atoms with Crippen LogP contribution in [0.1, 0.15) is 6.42 Å². The summed E-state index contributed by atoms with van der Waals surface area (Å²) in [5.74, 6) is 1.34. The fourth-order valence-electron chi connectivity index (χ4n) is 1.72. The van der Waals surface area contributed by atoms with Gasteiger partial charge in [0, 0.05) is 49.7 Å². The minimum absolute atomic E-state index is 0.308. The van der Waals surface area contributed by atoms with Gasteiger partial charge in [0.2, 0.25) is 0 Å². The van der Waals surface area contributed by atoms with Gasteiger partial charge in [-0.3, -0.25) is 4.57 Å². The monoisotopic (exact) mass is 398 g/mol. The lowest BCUT2D eigenvalue weighted by Gasteiger charge is -2.37. The zero-order chi connectivity index (χ0) is 16.1. The molecule has 0 saturated heterocycles. The van der Waals surface area contributed by atoms with E-state index in [4.69, 9.17) is 50.9 Å². The third-order valence-electron chi connectivity index (χ3n) is 2.67. The van der Waals surface area contributed by atoms with Crippen molar-refractivity contribution < 1.29 is 9.09 Å². The van der Waals surface area contributed by atoms with Crippen LogP contribution in [-0.2, 0) is 9.09 Å². The van der Waals surface area contributed by atoms with Crippen LogP contribution in [0.15, 0.2) is 12.7 Å². The average molecular weight is 400 g/mol. The Morgan fingerprint density at radius 1 is 0.905 bits per heavy atom. The number of halogens is 4. The molecule has 0 amide bonds. The number of rotatable bonds is 14. The second kappa shape index (κ2) is 13.4. The van der Waals surface area contributed by atoms with E-state index in [0.29, 0.717) is 62.7 Å². The zero-order valence-electron chi connectivity index (χ0n) is 12.0. The molecular formula is C12H23Cl4N2O2P. The van der Waals surface area contributed by atoms with Crippen LogP contribution in [0, 0.1) is 0 Å². The highest BCUT2D eigenvalue weighted by molar-refractivity contribution is 7.54. The predicted molar refractivity (Wildman–Crippen MR) is 94.4 cm³/mol. The molecule has 0 fully saturated rings. The first-order chi connectivity index (χ1) is 10.1. The fourth-order valence-corrected chi connectivity index (χ4v) is 5.44. The quantitative estimate of drug-likeness (QED) is 0.189. The molecule has 0 atom stereocenters. The Morgan fingerprint density at radius 2 is 1.29 bits per heavy atom. The standard InChI is InChI=1S/C12H23Cl4N2O2P/c1-2-3-12-20-21(19,17(8-4-13)9-5-14)18(10-6-15)11-7-16/h2H,1,3-12H2. The van der Waals surface area contributed by atoms with Crippen molar-refractivity contribution in [3.05, 3.63) is 12.7 Å². The molecule has 0 unspecified atom stereocenters.